The Balaban J connectivity index is 0.946. The molecule has 2 heteroatoms. The second-order valence-electron chi connectivity index (χ2n) is 16.9. The Kier molecular flexibility index (Phi) is 8.47. The van der Waals surface area contributed by atoms with Crippen LogP contribution < -0.4 is 5.73 Å². The fraction of sp³-hybridized carbons (Fsp3) is 0.0667. The lowest BCUT2D eigenvalue weighted by Crippen LogP contribution is -2.25. The maximum absolute atomic E-state index is 6.72. The molecule has 0 amide bonds. The van der Waals surface area contributed by atoms with Gasteiger partial charge in [-0.1, -0.05) is 176 Å². The summed E-state index contributed by atoms with van der Waals surface area (Å²) in [5.74, 6) is 0. The van der Waals surface area contributed by atoms with E-state index in [1.165, 1.54) is 83.0 Å². The number of benzene rings is 8. The Morgan fingerprint density at radius 1 is 0.516 bits per heavy atom. The Morgan fingerprint density at radius 2 is 1.11 bits per heavy atom. The van der Waals surface area contributed by atoms with Gasteiger partial charge in [0.15, 0.2) is 0 Å². The number of nitrogens with zero attached hydrogens (tertiary/aromatic N) is 1. The number of para-hydroxylation sites is 1. The van der Waals surface area contributed by atoms with E-state index in [0.29, 0.717) is 0 Å². The summed E-state index contributed by atoms with van der Waals surface area (Å²) in [5.41, 5.74) is 28.5. The molecule has 3 aliphatic carbocycles. The highest BCUT2D eigenvalue weighted by Crippen LogP contribution is 2.63. The van der Waals surface area contributed by atoms with E-state index in [1.807, 2.05) is 18.2 Å². The van der Waals surface area contributed by atoms with Crippen LogP contribution in [0.25, 0.3) is 72.1 Å². The first-order chi connectivity index (χ1) is 30.7. The molecule has 0 radical (unpaired) electrons. The van der Waals surface area contributed by atoms with Crippen molar-refractivity contribution in [3.8, 4) is 39.1 Å². The van der Waals surface area contributed by atoms with Crippen molar-refractivity contribution in [2.75, 3.05) is 0 Å². The summed E-state index contributed by atoms with van der Waals surface area (Å²) < 4.78 is 2.41. The summed E-state index contributed by atoms with van der Waals surface area (Å²) in [6.45, 7) is 0. The van der Waals surface area contributed by atoms with Crippen LogP contribution in [0.1, 0.15) is 52.6 Å². The van der Waals surface area contributed by atoms with Crippen molar-refractivity contribution in [1.29, 1.82) is 0 Å². The topological polar surface area (TPSA) is 30.9 Å². The first-order valence-corrected chi connectivity index (χ1v) is 21.8. The first kappa shape index (κ1) is 36.2. The van der Waals surface area contributed by atoms with Gasteiger partial charge in [0.2, 0.25) is 0 Å². The van der Waals surface area contributed by atoms with Crippen molar-refractivity contribution in [2.45, 2.75) is 24.7 Å². The van der Waals surface area contributed by atoms with Gasteiger partial charge in [0.05, 0.1) is 16.4 Å². The van der Waals surface area contributed by atoms with Crippen LogP contribution in [0.2, 0.25) is 0 Å². The monoisotopic (exact) mass is 792 g/mol. The average Bonchev–Trinajstić information content (AvgIpc) is 3.95. The van der Waals surface area contributed by atoms with Crippen LogP contribution in [0.3, 0.4) is 0 Å². The maximum Gasteiger partial charge on any atom is 0.0725 e. The predicted octanol–water partition coefficient (Wildman–Crippen LogP) is 14.8. The van der Waals surface area contributed by atoms with E-state index >= 15 is 0 Å². The third kappa shape index (κ3) is 5.57. The molecule has 0 unspecified atom stereocenters. The zero-order chi connectivity index (χ0) is 41.2. The molecule has 1 heterocycles. The average molecular weight is 793 g/mol. The highest BCUT2D eigenvalue weighted by molar-refractivity contribution is 6.10. The van der Waals surface area contributed by atoms with Gasteiger partial charge in [-0.3, -0.25) is 0 Å². The van der Waals surface area contributed by atoms with Crippen LogP contribution in [0, 0.1) is 0 Å². The lowest BCUT2D eigenvalue weighted by molar-refractivity contribution is 0.794. The third-order valence-electron chi connectivity index (χ3n) is 13.5. The summed E-state index contributed by atoms with van der Waals surface area (Å²) in [5, 5.41) is 2.48. The van der Waals surface area contributed by atoms with Crippen molar-refractivity contribution >= 4 is 33.1 Å². The third-order valence-corrected chi connectivity index (χ3v) is 13.5. The van der Waals surface area contributed by atoms with E-state index in [-0.39, 0.29) is 5.41 Å². The first-order valence-electron chi connectivity index (χ1n) is 21.8. The number of hydrogen-bond donors (Lipinski definition) is 1. The van der Waals surface area contributed by atoms with Crippen LogP contribution in [-0.2, 0) is 5.41 Å². The molecule has 0 saturated heterocycles. The maximum atomic E-state index is 6.72. The summed E-state index contributed by atoms with van der Waals surface area (Å²) in [6, 6.07) is 69.3. The lowest BCUT2D eigenvalue weighted by Gasteiger charge is -2.30. The summed E-state index contributed by atoms with van der Waals surface area (Å²) in [6.07, 6.45) is 14.4. The zero-order valence-electron chi connectivity index (χ0n) is 34.4. The molecule has 8 aromatic carbocycles. The molecule has 62 heavy (non-hydrogen) atoms. The Bertz CT molecular complexity index is 3320. The Morgan fingerprint density at radius 3 is 1.82 bits per heavy atom. The van der Waals surface area contributed by atoms with Gasteiger partial charge in [-0.05, 0) is 140 Å². The van der Waals surface area contributed by atoms with Gasteiger partial charge < -0.3 is 10.3 Å². The number of nitrogens with two attached hydrogens (primary N) is 1. The van der Waals surface area contributed by atoms with Crippen LogP contribution in [0.5, 0.6) is 0 Å². The highest BCUT2D eigenvalue weighted by Gasteiger charge is 2.51. The molecule has 0 aliphatic heterocycles. The van der Waals surface area contributed by atoms with Crippen molar-refractivity contribution in [1.82, 2.24) is 4.57 Å². The van der Waals surface area contributed by atoms with E-state index in [9.17, 15) is 0 Å². The summed E-state index contributed by atoms with van der Waals surface area (Å²) in [7, 11) is 0. The molecule has 0 atom stereocenters. The minimum Gasteiger partial charge on any atom is -0.398 e. The van der Waals surface area contributed by atoms with Crippen molar-refractivity contribution < 1.29 is 0 Å². The second-order valence-corrected chi connectivity index (χ2v) is 16.9. The highest BCUT2D eigenvalue weighted by atomic mass is 15.0. The van der Waals surface area contributed by atoms with Crippen LogP contribution in [0.4, 0.5) is 0 Å². The summed E-state index contributed by atoms with van der Waals surface area (Å²) >= 11 is 0. The van der Waals surface area contributed by atoms with Gasteiger partial charge in [-0.25, -0.2) is 0 Å². The minimum atomic E-state index is -0.337. The molecule has 0 bridgehead atoms. The van der Waals surface area contributed by atoms with Crippen molar-refractivity contribution in [2.24, 2.45) is 5.73 Å². The van der Waals surface area contributed by atoms with E-state index in [4.69, 9.17) is 5.73 Å². The molecule has 2 nitrogen and oxygen atoms in total. The van der Waals surface area contributed by atoms with Crippen LogP contribution in [0.15, 0.2) is 224 Å². The van der Waals surface area contributed by atoms with E-state index < -0.39 is 0 Å². The fourth-order valence-corrected chi connectivity index (χ4v) is 10.7. The summed E-state index contributed by atoms with van der Waals surface area (Å²) in [4.78, 5) is 0. The minimum absolute atomic E-state index is 0.337. The quantitative estimate of drug-likeness (QED) is 0.160. The largest absolute Gasteiger partial charge is 0.398 e. The normalized spacial score (nSPS) is 14.8. The van der Waals surface area contributed by atoms with Crippen molar-refractivity contribution in [3.63, 3.8) is 0 Å². The van der Waals surface area contributed by atoms with Gasteiger partial charge >= 0.3 is 0 Å². The molecule has 0 saturated carbocycles. The molecule has 294 valence electrons. The number of hydrogen-bond acceptors (Lipinski definition) is 1. The van der Waals surface area contributed by atoms with Gasteiger partial charge in [-0.2, -0.15) is 0 Å². The van der Waals surface area contributed by atoms with Gasteiger partial charge in [0, 0.05) is 22.2 Å². The van der Waals surface area contributed by atoms with Gasteiger partial charge in [-0.15, -0.1) is 0 Å². The Hall–Kier alpha value is -7.68. The fourth-order valence-electron chi connectivity index (χ4n) is 10.7. The molecule has 1 aromatic heterocycles. The molecule has 3 aliphatic rings. The lowest BCUT2D eigenvalue weighted by atomic mass is 9.70. The van der Waals surface area contributed by atoms with Crippen LogP contribution >= 0.6 is 0 Å². The number of allylic oxidation sites excluding steroid dienone is 7. The number of fused-ring (bicyclic) bond motifs is 13. The molecule has 1 spiro atoms. The predicted molar refractivity (Wildman–Crippen MR) is 260 cm³/mol. The van der Waals surface area contributed by atoms with Crippen LogP contribution in [-0.4, -0.2) is 4.57 Å². The second kappa shape index (κ2) is 14.5. The molecular formula is C60H44N2. The molecular weight excluding hydrogens is 749 g/mol. The van der Waals surface area contributed by atoms with Gasteiger partial charge in [0.25, 0.3) is 0 Å². The molecule has 9 aromatic rings. The van der Waals surface area contributed by atoms with E-state index in [0.717, 1.165) is 47.3 Å². The van der Waals surface area contributed by atoms with Crippen molar-refractivity contribution in [3.05, 3.63) is 257 Å². The molecule has 2 N–H and O–H groups in total. The van der Waals surface area contributed by atoms with E-state index in [2.05, 4.69) is 205 Å². The molecule has 0 fully saturated rings. The zero-order valence-corrected chi connectivity index (χ0v) is 34.4. The Labute approximate surface area is 362 Å². The molecule has 12 rings (SSSR count). The standard InChI is InChI=1S/C60H44N2/c61-57(42-17-5-2-6-18-42)39-45(28-27-40-15-3-1-4-16-40)41-29-33-46(34-30-41)62-58-26-14-10-22-50(58)52-38-44(32-36-59(52)62)43-31-35-56-51(37-43)49-21-9-13-25-55(49)60(56)53-23-11-7-19-47(53)48-20-8-12-24-54(48)60/h2-3,5-26,28-39H,1,4,27,61H2/b45-28+,57-39-. The van der Waals surface area contributed by atoms with Gasteiger partial charge in [0.1, 0.15) is 0 Å². The smallest absolute Gasteiger partial charge is 0.0725 e. The van der Waals surface area contributed by atoms with E-state index in [1.54, 1.807) is 0 Å². The SMILES string of the molecule is N/C(=C\C(=C/CC1=CCCC=C1)c1ccc(-n2c3ccccc3c3cc(-c4ccc5c(c4)-c4ccccc4C54c5ccccc5-c5ccccc54)ccc32)cc1)c1ccccc1. The number of aromatic nitrogens is 1. The number of rotatable bonds is 7.